The van der Waals surface area contributed by atoms with Crippen LogP contribution in [0, 0.1) is 17.7 Å². The van der Waals surface area contributed by atoms with Crippen LogP contribution in [-0.4, -0.2) is 57.8 Å². The Hall–Kier alpha value is -2.74. The Morgan fingerprint density at radius 3 is 2.89 bits per heavy atom. The van der Waals surface area contributed by atoms with Crippen LogP contribution < -0.4 is 5.32 Å². The first kappa shape index (κ1) is 18.6. The first-order valence-corrected chi connectivity index (χ1v) is 9.51. The highest BCUT2D eigenvalue weighted by Crippen LogP contribution is 2.45. The molecule has 1 aromatic heterocycles. The molecule has 3 heterocycles. The van der Waals surface area contributed by atoms with Crippen LogP contribution in [-0.2, 0) is 16.1 Å². The number of amides is 2. The lowest BCUT2D eigenvalue weighted by molar-refractivity contribution is -0.133. The summed E-state index contributed by atoms with van der Waals surface area (Å²) < 4.78 is 13.9. The maximum absolute atomic E-state index is 13.9. The minimum Gasteiger partial charge on any atom is -0.348 e. The van der Waals surface area contributed by atoms with Crippen LogP contribution in [0.4, 0.5) is 4.39 Å². The van der Waals surface area contributed by atoms with Gasteiger partial charge < -0.3 is 15.2 Å². The average molecular weight is 385 g/mol. The molecule has 1 aromatic carbocycles. The van der Waals surface area contributed by atoms with Crippen molar-refractivity contribution in [2.75, 3.05) is 26.2 Å². The second-order valence-corrected chi connectivity index (χ2v) is 7.61. The fourth-order valence-electron chi connectivity index (χ4n) is 4.54. The molecular weight excluding hydrogens is 361 g/mol. The molecule has 2 aliphatic heterocycles. The zero-order chi connectivity index (χ0) is 19.7. The quantitative estimate of drug-likeness (QED) is 0.813. The van der Waals surface area contributed by atoms with E-state index in [1.54, 1.807) is 12.3 Å². The fourth-order valence-corrected chi connectivity index (χ4v) is 4.54. The Bertz CT molecular complexity index is 856. The number of imidazole rings is 1. The molecule has 148 valence electrons. The van der Waals surface area contributed by atoms with Crippen LogP contribution in [0.25, 0.3) is 0 Å². The molecule has 0 bridgehead atoms. The van der Waals surface area contributed by atoms with Crippen molar-refractivity contribution in [3.05, 3.63) is 53.9 Å². The van der Waals surface area contributed by atoms with Crippen molar-refractivity contribution >= 4 is 11.8 Å². The minimum absolute atomic E-state index is 0.0311. The molecule has 3 atom stereocenters. The predicted molar refractivity (Wildman–Crippen MR) is 100 cm³/mol. The highest BCUT2D eigenvalue weighted by molar-refractivity contribution is 5.84. The number of aromatic amines is 1. The van der Waals surface area contributed by atoms with E-state index in [1.807, 2.05) is 17.2 Å². The third-order valence-corrected chi connectivity index (χ3v) is 5.67. The molecule has 2 saturated heterocycles. The molecule has 4 rings (SSSR count). The van der Waals surface area contributed by atoms with E-state index >= 15 is 0 Å². The van der Waals surface area contributed by atoms with Gasteiger partial charge in [0.05, 0.1) is 19.1 Å². The molecule has 28 heavy (non-hydrogen) atoms. The van der Waals surface area contributed by atoms with Gasteiger partial charge in [0, 0.05) is 44.9 Å². The van der Waals surface area contributed by atoms with Gasteiger partial charge in [0.1, 0.15) is 11.6 Å². The first-order chi connectivity index (χ1) is 13.5. The second-order valence-electron chi connectivity index (χ2n) is 7.61. The molecule has 2 amide bonds. The minimum atomic E-state index is -0.305. The number of benzene rings is 1. The lowest BCUT2D eigenvalue weighted by Crippen LogP contribution is -2.41. The summed E-state index contributed by atoms with van der Waals surface area (Å²) in [5, 5.41) is 2.58. The molecule has 0 radical (unpaired) electrons. The van der Waals surface area contributed by atoms with E-state index in [9.17, 15) is 14.0 Å². The number of carbonyl (C=O) groups excluding carboxylic acids is 2. The lowest BCUT2D eigenvalue weighted by atomic mass is 9.89. The van der Waals surface area contributed by atoms with Gasteiger partial charge in [-0.05, 0) is 23.6 Å². The molecule has 0 spiro atoms. The van der Waals surface area contributed by atoms with E-state index in [-0.39, 0.29) is 36.1 Å². The van der Waals surface area contributed by atoms with E-state index in [1.165, 1.54) is 19.1 Å². The van der Waals surface area contributed by atoms with Crippen LogP contribution >= 0.6 is 0 Å². The van der Waals surface area contributed by atoms with E-state index < -0.39 is 0 Å². The third kappa shape index (κ3) is 3.77. The number of likely N-dealkylation sites (tertiary alicyclic amines) is 2. The molecule has 2 aromatic rings. The Labute approximate surface area is 162 Å². The first-order valence-electron chi connectivity index (χ1n) is 9.51. The normalized spacial score (nSPS) is 24.4. The van der Waals surface area contributed by atoms with Crippen molar-refractivity contribution in [3.8, 4) is 0 Å². The molecule has 2 fully saturated rings. The number of fused-ring (bicyclic) bond motifs is 1. The summed E-state index contributed by atoms with van der Waals surface area (Å²) in [6, 6.07) is 6.30. The average Bonchev–Trinajstić information content (AvgIpc) is 3.36. The van der Waals surface area contributed by atoms with Crippen LogP contribution in [0.3, 0.4) is 0 Å². The van der Waals surface area contributed by atoms with Crippen molar-refractivity contribution < 1.29 is 14.0 Å². The monoisotopic (exact) mass is 385 g/mol. The predicted octanol–water partition coefficient (Wildman–Crippen LogP) is 1.32. The van der Waals surface area contributed by atoms with Gasteiger partial charge in [-0.1, -0.05) is 12.1 Å². The summed E-state index contributed by atoms with van der Waals surface area (Å²) in [6.07, 6.45) is 3.55. The fraction of sp³-hybridized carbons (Fsp3) is 0.450. The van der Waals surface area contributed by atoms with E-state index in [4.69, 9.17) is 0 Å². The smallest absolute Gasteiger partial charge is 0.242 e. The van der Waals surface area contributed by atoms with Gasteiger partial charge in [-0.15, -0.1) is 0 Å². The summed E-state index contributed by atoms with van der Waals surface area (Å²) in [5.74, 6) is 0.778. The highest BCUT2D eigenvalue weighted by atomic mass is 19.1. The molecule has 0 saturated carbocycles. The third-order valence-electron chi connectivity index (χ3n) is 5.67. The maximum Gasteiger partial charge on any atom is 0.242 e. The van der Waals surface area contributed by atoms with Crippen molar-refractivity contribution in [2.24, 2.45) is 11.8 Å². The molecule has 7 nitrogen and oxygen atoms in total. The summed E-state index contributed by atoms with van der Waals surface area (Å²) >= 11 is 0. The summed E-state index contributed by atoms with van der Waals surface area (Å²) in [5.41, 5.74) is 0.809. The number of aromatic nitrogens is 2. The molecule has 2 aliphatic rings. The topological polar surface area (TPSA) is 81.3 Å². The Balaban J connectivity index is 1.54. The number of nitrogens with one attached hydrogen (secondary N) is 2. The SMILES string of the molecule is CC(=O)NCC(=O)N1C[C@@H]2CN(Cc3ncc[nH]3)C[C@@H]2[C@H]1c1cccc(F)c1. The maximum atomic E-state index is 13.9. The van der Waals surface area contributed by atoms with Crippen molar-refractivity contribution in [3.63, 3.8) is 0 Å². The van der Waals surface area contributed by atoms with E-state index in [0.29, 0.717) is 12.5 Å². The van der Waals surface area contributed by atoms with Crippen LogP contribution in [0.15, 0.2) is 36.7 Å². The number of halogens is 1. The van der Waals surface area contributed by atoms with E-state index in [2.05, 4.69) is 20.2 Å². The molecular formula is C20H24FN5O2. The number of nitrogens with zero attached hydrogens (tertiary/aromatic N) is 3. The van der Waals surface area contributed by atoms with Gasteiger partial charge in [0.2, 0.25) is 11.8 Å². The zero-order valence-electron chi connectivity index (χ0n) is 15.8. The zero-order valence-corrected chi connectivity index (χ0v) is 15.8. The lowest BCUT2D eigenvalue weighted by Gasteiger charge is -2.30. The van der Waals surface area contributed by atoms with Gasteiger partial charge in [0.15, 0.2) is 0 Å². The number of rotatable bonds is 5. The van der Waals surface area contributed by atoms with Crippen LogP contribution in [0.1, 0.15) is 24.4 Å². The summed E-state index contributed by atoms with van der Waals surface area (Å²) in [6.45, 7) is 4.38. The number of hydrogen-bond donors (Lipinski definition) is 2. The molecule has 0 unspecified atom stereocenters. The Kier molecular flexibility index (Phi) is 5.13. The highest BCUT2D eigenvalue weighted by Gasteiger charge is 2.49. The number of carbonyl (C=O) groups is 2. The Morgan fingerprint density at radius 2 is 2.18 bits per heavy atom. The Morgan fingerprint density at radius 1 is 1.32 bits per heavy atom. The van der Waals surface area contributed by atoms with Gasteiger partial charge in [0.25, 0.3) is 0 Å². The van der Waals surface area contributed by atoms with Gasteiger partial charge >= 0.3 is 0 Å². The van der Waals surface area contributed by atoms with Gasteiger partial charge in [-0.25, -0.2) is 9.37 Å². The molecule has 0 aliphatic carbocycles. The molecule has 8 heteroatoms. The standard InChI is InChI=1S/C20H24FN5O2/c1-13(27)24-8-19(28)26-10-15-9-25(12-18-22-5-6-23-18)11-17(15)20(26)14-3-2-4-16(21)7-14/h2-7,15,17,20H,8-12H2,1H3,(H,22,23)(H,24,27)/t15-,17-,20+/m0/s1. The van der Waals surface area contributed by atoms with Crippen molar-refractivity contribution in [1.82, 2.24) is 25.1 Å². The summed E-state index contributed by atoms with van der Waals surface area (Å²) in [7, 11) is 0. The molecule has 2 N–H and O–H groups in total. The second kappa shape index (κ2) is 7.71. The van der Waals surface area contributed by atoms with Gasteiger partial charge in [-0.2, -0.15) is 0 Å². The number of hydrogen-bond acceptors (Lipinski definition) is 4. The van der Waals surface area contributed by atoms with Crippen molar-refractivity contribution in [2.45, 2.75) is 19.5 Å². The van der Waals surface area contributed by atoms with Crippen molar-refractivity contribution in [1.29, 1.82) is 0 Å². The number of H-pyrrole nitrogens is 1. The van der Waals surface area contributed by atoms with Gasteiger partial charge in [-0.3, -0.25) is 14.5 Å². The van der Waals surface area contributed by atoms with E-state index in [0.717, 1.165) is 31.0 Å². The van der Waals surface area contributed by atoms with Crippen LogP contribution in [0.5, 0.6) is 0 Å². The van der Waals surface area contributed by atoms with Crippen LogP contribution in [0.2, 0.25) is 0 Å². The summed E-state index contributed by atoms with van der Waals surface area (Å²) in [4.78, 5) is 35.5. The largest absolute Gasteiger partial charge is 0.348 e.